The Morgan fingerprint density at radius 2 is 0.977 bits per heavy atom. The molecule has 0 aliphatic rings. The SMILES string of the molecule is O=C(O)c1cc(N=Nc2ccc(-c3ccc(NNc4ccc(O)c(C(=O)O)c4)cc3S(=O)(=O)O)c(S(=O)(=O)O)c2)ccc1O. The Kier molecular flexibility index (Phi) is 8.54. The average molecular weight is 645 g/mol. The number of anilines is 2. The Hall–Kier alpha value is -5.56. The van der Waals surface area contributed by atoms with E-state index in [2.05, 4.69) is 21.1 Å². The van der Waals surface area contributed by atoms with E-state index < -0.39 is 64.6 Å². The molecule has 0 heterocycles. The summed E-state index contributed by atoms with van der Waals surface area (Å²) in [5.41, 5.74) is 3.62. The second kappa shape index (κ2) is 12.0. The molecule has 0 aromatic heterocycles. The van der Waals surface area contributed by atoms with Crippen molar-refractivity contribution in [1.82, 2.24) is 0 Å². The van der Waals surface area contributed by atoms with Crippen LogP contribution in [0.1, 0.15) is 20.7 Å². The minimum atomic E-state index is -5.03. The van der Waals surface area contributed by atoms with Crippen molar-refractivity contribution < 1.29 is 56.0 Å². The maximum absolute atomic E-state index is 12.3. The Morgan fingerprint density at radius 3 is 1.52 bits per heavy atom. The minimum absolute atomic E-state index is 0.0137. The summed E-state index contributed by atoms with van der Waals surface area (Å²) < 4.78 is 69.1. The van der Waals surface area contributed by atoms with Gasteiger partial charge in [-0.25, -0.2) is 9.59 Å². The van der Waals surface area contributed by atoms with Gasteiger partial charge in [0.1, 0.15) is 32.4 Å². The van der Waals surface area contributed by atoms with Crippen LogP contribution in [0.2, 0.25) is 0 Å². The molecule has 0 amide bonds. The fraction of sp³-hybridized carbons (Fsp3) is 0. The predicted molar refractivity (Wildman–Crippen MR) is 153 cm³/mol. The monoisotopic (exact) mass is 644 g/mol. The first-order valence-electron chi connectivity index (χ1n) is 11.8. The summed E-state index contributed by atoms with van der Waals surface area (Å²) >= 11 is 0. The number of rotatable bonds is 10. The number of nitrogens with zero attached hydrogens (tertiary/aromatic N) is 2. The first-order chi connectivity index (χ1) is 20.5. The van der Waals surface area contributed by atoms with Gasteiger partial charge in [-0.2, -0.15) is 27.1 Å². The number of hydrazine groups is 1. The van der Waals surface area contributed by atoms with E-state index >= 15 is 0 Å². The van der Waals surface area contributed by atoms with Gasteiger partial charge in [-0.15, -0.1) is 0 Å². The van der Waals surface area contributed by atoms with Gasteiger partial charge < -0.3 is 31.3 Å². The molecule has 0 aliphatic heterocycles. The van der Waals surface area contributed by atoms with Gasteiger partial charge in [0.2, 0.25) is 0 Å². The van der Waals surface area contributed by atoms with Crippen molar-refractivity contribution in [3.8, 4) is 22.6 Å². The van der Waals surface area contributed by atoms with Crippen LogP contribution in [0.4, 0.5) is 22.7 Å². The van der Waals surface area contributed by atoms with Crippen LogP contribution in [-0.4, -0.2) is 58.3 Å². The summed E-state index contributed by atoms with van der Waals surface area (Å²) in [6.07, 6.45) is 0. The van der Waals surface area contributed by atoms with Crippen molar-refractivity contribution in [3.05, 3.63) is 83.9 Å². The number of azo groups is 1. The lowest BCUT2D eigenvalue weighted by molar-refractivity contribution is 0.0682. The zero-order chi connectivity index (χ0) is 32.4. The number of aromatic hydroxyl groups is 2. The van der Waals surface area contributed by atoms with E-state index in [0.29, 0.717) is 0 Å². The molecule has 4 rings (SSSR count). The lowest BCUT2D eigenvalue weighted by atomic mass is 10.0. The summed E-state index contributed by atoms with van der Waals surface area (Å²) in [5, 5.41) is 45.2. The van der Waals surface area contributed by atoms with Crippen LogP contribution in [0, 0.1) is 0 Å². The molecule has 0 saturated carbocycles. The molecule has 0 aliphatic carbocycles. The van der Waals surface area contributed by atoms with Gasteiger partial charge >= 0.3 is 11.9 Å². The highest BCUT2D eigenvalue weighted by molar-refractivity contribution is 7.86. The highest BCUT2D eigenvalue weighted by Crippen LogP contribution is 2.37. The lowest BCUT2D eigenvalue weighted by Gasteiger charge is -2.15. The van der Waals surface area contributed by atoms with Crippen LogP contribution in [0.25, 0.3) is 11.1 Å². The molecule has 0 atom stereocenters. The maximum Gasteiger partial charge on any atom is 0.339 e. The highest BCUT2D eigenvalue weighted by Gasteiger charge is 2.24. The first-order valence-corrected chi connectivity index (χ1v) is 14.7. The fourth-order valence-corrected chi connectivity index (χ4v) is 5.30. The molecule has 0 unspecified atom stereocenters. The van der Waals surface area contributed by atoms with Crippen molar-refractivity contribution in [2.45, 2.75) is 9.79 Å². The fourth-order valence-electron chi connectivity index (χ4n) is 3.85. The number of aromatic carboxylic acids is 2. The molecule has 18 heteroatoms. The van der Waals surface area contributed by atoms with Gasteiger partial charge in [0.25, 0.3) is 20.2 Å². The Balaban J connectivity index is 1.71. The number of nitrogens with one attached hydrogen (secondary N) is 2. The van der Waals surface area contributed by atoms with Gasteiger partial charge in [-0.05, 0) is 60.7 Å². The molecule has 4 aromatic rings. The summed E-state index contributed by atoms with van der Waals surface area (Å²) in [7, 11) is -10.0. The topological polar surface area (TPSA) is 273 Å². The number of benzene rings is 4. The van der Waals surface area contributed by atoms with Gasteiger partial charge in [0, 0.05) is 11.1 Å². The predicted octanol–water partition coefficient (Wildman–Crippen LogP) is 4.51. The molecule has 0 radical (unpaired) electrons. The third-order valence-electron chi connectivity index (χ3n) is 5.86. The normalized spacial score (nSPS) is 11.8. The van der Waals surface area contributed by atoms with Crippen LogP contribution in [-0.2, 0) is 20.2 Å². The molecule has 0 saturated heterocycles. The smallest absolute Gasteiger partial charge is 0.339 e. The summed E-state index contributed by atoms with van der Waals surface area (Å²) in [4.78, 5) is 20.9. The molecule has 0 fully saturated rings. The Labute approximate surface area is 248 Å². The van der Waals surface area contributed by atoms with Crippen LogP contribution < -0.4 is 10.9 Å². The van der Waals surface area contributed by atoms with Crippen LogP contribution >= 0.6 is 0 Å². The molecular weight excluding hydrogens is 624 g/mol. The number of carboxylic acids is 2. The van der Waals surface area contributed by atoms with E-state index in [9.17, 15) is 45.7 Å². The number of hydrogen-bond acceptors (Lipinski definition) is 12. The second-order valence-electron chi connectivity index (χ2n) is 8.84. The van der Waals surface area contributed by atoms with E-state index in [-0.39, 0.29) is 33.9 Å². The Morgan fingerprint density at radius 1 is 0.568 bits per heavy atom. The van der Waals surface area contributed by atoms with Crippen LogP contribution in [0.15, 0.2) is 92.8 Å². The van der Waals surface area contributed by atoms with Crippen molar-refractivity contribution in [1.29, 1.82) is 0 Å². The zero-order valence-electron chi connectivity index (χ0n) is 21.8. The quantitative estimate of drug-likeness (QED) is 0.0511. The molecule has 4 aromatic carbocycles. The van der Waals surface area contributed by atoms with Gasteiger partial charge in [0.15, 0.2) is 0 Å². The molecule has 228 valence electrons. The van der Waals surface area contributed by atoms with Gasteiger partial charge in [-0.3, -0.25) is 9.11 Å². The highest BCUT2D eigenvalue weighted by atomic mass is 32.2. The van der Waals surface area contributed by atoms with Crippen LogP contribution in [0.5, 0.6) is 11.5 Å². The van der Waals surface area contributed by atoms with E-state index in [4.69, 9.17) is 10.2 Å². The van der Waals surface area contributed by atoms with E-state index in [1.165, 1.54) is 24.3 Å². The van der Waals surface area contributed by atoms with Crippen molar-refractivity contribution >= 4 is 54.9 Å². The molecule has 44 heavy (non-hydrogen) atoms. The summed E-state index contributed by atoms with van der Waals surface area (Å²) in [6, 6.07) is 13.3. The molecule has 0 spiro atoms. The third-order valence-corrected chi connectivity index (χ3v) is 7.65. The Bertz CT molecular complexity index is 2060. The number of carbonyl (C=O) groups is 2. The van der Waals surface area contributed by atoms with Crippen molar-refractivity contribution in [3.63, 3.8) is 0 Å². The second-order valence-corrected chi connectivity index (χ2v) is 11.6. The van der Waals surface area contributed by atoms with E-state index in [0.717, 1.165) is 48.5 Å². The van der Waals surface area contributed by atoms with Crippen LogP contribution in [0.3, 0.4) is 0 Å². The van der Waals surface area contributed by atoms with E-state index in [1.807, 2.05) is 0 Å². The summed E-state index contributed by atoms with van der Waals surface area (Å²) in [6.45, 7) is 0. The first kappa shape index (κ1) is 31.4. The molecule has 0 bridgehead atoms. The lowest BCUT2D eigenvalue weighted by Crippen LogP contribution is -2.11. The zero-order valence-corrected chi connectivity index (χ0v) is 23.4. The number of phenols is 2. The third kappa shape index (κ3) is 7.07. The van der Waals surface area contributed by atoms with Gasteiger partial charge in [0.05, 0.1) is 22.7 Å². The molecular formula is C26H20N4O12S2. The van der Waals surface area contributed by atoms with Gasteiger partial charge in [-0.1, -0.05) is 12.1 Å². The minimum Gasteiger partial charge on any atom is -0.507 e. The summed E-state index contributed by atoms with van der Waals surface area (Å²) in [5.74, 6) is -3.85. The van der Waals surface area contributed by atoms with Crippen molar-refractivity contribution in [2.24, 2.45) is 10.2 Å². The largest absolute Gasteiger partial charge is 0.507 e. The molecule has 16 nitrogen and oxygen atoms in total. The standard InChI is InChI=1S/C26H20N4O12S2/c31-21-7-3-13(9-19(21)25(33)34)27-29-15-1-5-17(23(11-15)43(37,38)39)18-6-2-16(12-24(18)44(40,41)42)30-28-14-4-8-22(32)20(10-14)26(35)36/h1-12,27,29,31-32H,(H,33,34)(H,35,36)(H,37,38,39)(H,40,41,42). The maximum atomic E-state index is 12.3. The number of carboxylic acid groups (broad SMARTS) is 2. The molecule has 8 N–H and O–H groups in total. The number of hydrogen-bond donors (Lipinski definition) is 8. The average Bonchev–Trinajstić information content (AvgIpc) is 2.95. The van der Waals surface area contributed by atoms with Crippen molar-refractivity contribution in [2.75, 3.05) is 10.9 Å². The van der Waals surface area contributed by atoms with E-state index in [1.54, 1.807) is 0 Å².